The van der Waals surface area contributed by atoms with Crippen molar-refractivity contribution in [2.45, 2.75) is 26.4 Å². The molecule has 0 amide bonds. The Morgan fingerprint density at radius 3 is 2.61 bits per heavy atom. The lowest BCUT2D eigenvalue weighted by atomic mass is 10.1. The molecule has 1 atom stereocenters. The van der Waals surface area contributed by atoms with Crippen LogP contribution in [-0.2, 0) is 11.3 Å². The fourth-order valence-corrected chi connectivity index (χ4v) is 3.73. The van der Waals surface area contributed by atoms with Gasteiger partial charge in [0, 0.05) is 37.1 Å². The number of aromatic nitrogens is 1. The van der Waals surface area contributed by atoms with E-state index >= 15 is 0 Å². The predicted molar refractivity (Wildman–Crippen MR) is 94.9 cm³/mol. The van der Waals surface area contributed by atoms with Gasteiger partial charge in [0.1, 0.15) is 5.01 Å². The third-order valence-electron chi connectivity index (χ3n) is 4.32. The Hall–Kier alpha value is -1.27. The van der Waals surface area contributed by atoms with Crippen LogP contribution in [0.1, 0.15) is 27.2 Å². The Morgan fingerprint density at radius 2 is 1.96 bits per heavy atom. The minimum Gasteiger partial charge on any atom is -0.379 e. The van der Waals surface area contributed by atoms with Crippen LogP contribution >= 0.6 is 11.3 Å². The number of hydrogen-bond donors (Lipinski definition) is 1. The molecule has 2 aromatic rings. The van der Waals surface area contributed by atoms with Gasteiger partial charge in [0.15, 0.2) is 0 Å². The summed E-state index contributed by atoms with van der Waals surface area (Å²) in [6.07, 6.45) is 0. The number of nitrogens with zero attached hydrogens (tertiary/aromatic N) is 2. The van der Waals surface area contributed by atoms with Crippen LogP contribution in [0.2, 0.25) is 0 Å². The van der Waals surface area contributed by atoms with E-state index in [0.29, 0.717) is 6.04 Å². The Kier molecular flexibility index (Phi) is 5.78. The Balaban J connectivity index is 1.66. The van der Waals surface area contributed by atoms with Gasteiger partial charge in [-0.1, -0.05) is 30.3 Å². The van der Waals surface area contributed by atoms with Crippen molar-refractivity contribution < 1.29 is 4.74 Å². The first-order valence-electron chi connectivity index (χ1n) is 8.23. The van der Waals surface area contributed by atoms with Gasteiger partial charge in [-0.25, -0.2) is 4.98 Å². The molecule has 0 radical (unpaired) electrons. The van der Waals surface area contributed by atoms with Crippen molar-refractivity contribution >= 4 is 11.3 Å². The van der Waals surface area contributed by atoms with Crippen LogP contribution in [0.5, 0.6) is 0 Å². The monoisotopic (exact) mass is 331 g/mol. The maximum absolute atomic E-state index is 5.46. The molecule has 1 aliphatic rings. The van der Waals surface area contributed by atoms with Crippen LogP contribution in [0.25, 0.3) is 0 Å². The molecule has 5 heteroatoms. The van der Waals surface area contributed by atoms with Crippen molar-refractivity contribution in [3.8, 4) is 0 Å². The van der Waals surface area contributed by atoms with E-state index in [4.69, 9.17) is 4.74 Å². The SMILES string of the molecule is Cc1nc(CNC(CN2CCOCC2)c2ccccc2)sc1C. The van der Waals surface area contributed by atoms with Crippen LogP contribution in [0.4, 0.5) is 0 Å². The molecular formula is C18H25N3OS. The molecule has 1 N–H and O–H groups in total. The first-order chi connectivity index (χ1) is 11.2. The Bertz CT molecular complexity index is 588. The minimum atomic E-state index is 0.318. The molecule has 0 bridgehead atoms. The molecule has 1 aromatic heterocycles. The van der Waals surface area contributed by atoms with E-state index in [2.05, 4.69) is 59.4 Å². The Morgan fingerprint density at radius 1 is 1.22 bits per heavy atom. The van der Waals surface area contributed by atoms with Crippen LogP contribution < -0.4 is 5.32 Å². The standard InChI is InChI=1S/C18H25N3OS/c1-14-15(2)23-18(20-14)12-19-17(16-6-4-3-5-7-16)13-21-8-10-22-11-9-21/h3-7,17,19H,8-13H2,1-2H3. The molecule has 23 heavy (non-hydrogen) atoms. The number of aryl methyl sites for hydroxylation is 2. The second kappa shape index (κ2) is 8.02. The van der Waals surface area contributed by atoms with Gasteiger partial charge in [-0.15, -0.1) is 11.3 Å². The molecule has 1 saturated heterocycles. The predicted octanol–water partition coefficient (Wildman–Crippen LogP) is 2.92. The highest BCUT2D eigenvalue weighted by molar-refractivity contribution is 7.11. The lowest BCUT2D eigenvalue weighted by molar-refractivity contribution is 0.0333. The third-order valence-corrected chi connectivity index (χ3v) is 5.39. The summed E-state index contributed by atoms with van der Waals surface area (Å²) in [6.45, 7) is 9.76. The van der Waals surface area contributed by atoms with Crippen molar-refractivity contribution in [3.63, 3.8) is 0 Å². The molecular weight excluding hydrogens is 306 g/mol. The van der Waals surface area contributed by atoms with E-state index in [1.54, 1.807) is 11.3 Å². The molecule has 0 aliphatic carbocycles. The molecule has 0 saturated carbocycles. The number of nitrogens with one attached hydrogen (secondary N) is 1. The maximum atomic E-state index is 5.46. The molecule has 124 valence electrons. The molecule has 1 unspecified atom stereocenters. The fourth-order valence-electron chi connectivity index (χ4n) is 2.84. The first kappa shape index (κ1) is 16.6. The number of morpholine rings is 1. The van der Waals surface area contributed by atoms with E-state index < -0.39 is 0 Å². The van der Waals surface area contributed by atoms with E-state index in [1.165, 1.54) is 15.4 Å². The van der Waals surface area contributed by atoms with E-state index in [9.17, 15) is 0 Å². The average Bonchev–Trinajstić information content (AvgIpc) is 2.91. The zero-order valence-electron chi connectivity index (χ0n) is 13.9. The summed E-state index contributed by atoms with van der Waals surface area (Å²) in [5, 5.41) is 4.87. The summed E-state index contributed by atoms with van der Waals surface area (Å²) in [4.78, 5) is 8.44. The lowest BCUT2D eigenvalue weighted by Crippen LogP contribution is -2.41. The second-order valence-corrected chi connectivity index (χ2v) is 7.29. The Labute approximate surface area is 142 Å². The van der Waals surface area contributed by atoms with E-state index in [1.807, 2.05) is 0 Å². The highest BCUT2D eigenvalue weighted by atomic mass is 32.1. The number of benzene rings is 1. The lowest BCUT2D eigenvalue weighted by Gasteiger charge is -2.31. The molecule has 1 aromatic carbocycles. The fraction of sp³-hybridized carbons (Fsp3) is 0.500. The van der Waals surface area contributed by atoms with Crippen molar-refractivity contribution in [2.24, 2.45) is 0 Å². The van der Waals surface area contributed by atoms with E-state index in [-0.39, 0.29) is 0 Å². The van der Waals surface area contributed by atoms with E-state index in [0.717, 1.165) is 45.1 Å². The maximum Gasteiger partial charge on any atom is 0.107 e. The summed E-state index contributed by atoms with van der Waals surface area (Å²) in [7, 11) is 0. The summed E-state index contributed by atoms with van der Waals surface area (Å²) in [6, 6.07) is 11.0. The third kappa shape index (κ3) is 4.61. The van der Waals surface area contributed by atoms with Gasteiger partial charge in [-0.05, 0) is 19.4 Å². The minimum absolute atomic E-state index is 0.318. The molecule has 1 aliphatic heterocycles. The van der Waals surface area contributed by atoms with Gasteiger partial charge >= 0.3 is 0 Å². The summed E-state index contributed by atoms with van der Waals surface area (Å²) < 4.78 is 5.46. The highest BCUT2D eigenvalue weighted by Gasteiger charge is 2.18. The first-order valence-corrected chi connectivity index (χ1v) is 9.05. The van der Waals surface area contributed by atoms with Crippen LogP contribution in [0, 0.1) is 13.8 Å². The average molecular weight is 331 g/mol. The van der Waals surface area contributed by atoms with Gasteiger partial charge in [0.05, 0.1) is 18.9 Å². The largest absolute Gasteiger partial charge is 0.379 e. The number of rotatable bonds is 6. The topological polar surface area (TPSA) is 37.4 Å². The number of hydrogen-bond acceptors (Lipinski definition) is 5. The molecule has 2 heterocycles. The zero-order valence-corrected chi connectivity index (χ0v) is 14.7. The summed E-state index contributed by atoms with van der Waals surface area (Å²) >= 11 is 1.79. The van der Waals surface area contributed by atoms with Gasteiger partial charge in [-0.2, -0.15) is 0 Å². The van der Waals surface area contributed by atoms with Gasteiger partial charge < -0.3 is 10.1 Å². The molecule has 4 nitrogen and oxygen atoms in total. The number of thiazole rings is 1. The van der Waals surface area contributed by atoms with Crippen molar-refractivity contribution in [1.29, 1.82) is 0 Å². The summed E-state index contributed by atoms with van der Waals surface area (Å²) in [5.74, 6) is 0. The highest BCUT2D eigenvalue weighted by Crippen LogP contribution is 2.19. The molecule has 1 fully saturated rings. The van der Waals surface area contributed by atoms with Crippen molar-refractivity contribution in [2.75, 3.05) is 32.8 Å². The summed E-state index contributed by atoms with van der Waals surface area (Å²) in [5.41, 5.74) is 2.49. The van der Waals surface area contributed by atoms with Crippen molar-refractivity contribution in [1.82, 2.24) is 15.2 Å². The number of ether oxygens (including phenoxy) is 1. The van der Waals surface area contributed by atoms with Gasteiger partial charge in [0.2, 0.25) is 0 Å². The smallest absolute Gasteiger partial charge is 0.107 e. The zero-order chi connectivity index (χ0) is 16.1. The van der Waals surface area contributed by atoms with Crippen LogP contribution in [0.3, 0.4) is 0 Å². The van der Waals surface area contributed by atoms with Crippen LogP contribution in [-0.4, -0.2) is 42.7 Å². The van der Waals surface area contributed by atoms with Crippen molar-refractivity contribution in [3.05, 3.63) is 51.5 Å². The molecule has 0 spiro atoms. The molecule has 3 rings (SSSR count). The van der Waals surface area contributed by atoms with Gasteiger partial charge in [0.25, 0.3) is 0 Å². The van der Waals surface area contributed by atoms with Crippen LogP contribution in [0.15, 0.2) is 30.3 Å². The van der Waals surface area contributed by atoms with Gasteiger partial charge in [-0.3, -0.25) is 4.90 Å². The second-order valence-electron chi connectivity index (χ2n) is 6.01. The quantitative estimate of drug-likeness (QED) is 0.883. The normalized spacial score (nSPS) is 17.3.